The molecule has 0 aliphatic heterocycles. The molecule has 11 heavy (non-hydrogen) atoms. The monoisotopic (exact) mass is 158 g/mol. The van der Waals surface area contributed by atoms with Crippen molar-refractivity contribution in [1.82, 2.24) is 0 Å². The molecule has 0 radical (unpaired) electrons. The summed E-state index contributed by atoms with van der Waals surface area (Å²) >= 11 is 0. The molecular formula is C7H14N2O2. The molecule has 4 heteroatoms. The highest BCUT2D eigenvalue weighted by molar-refractivity contribution is 5.72. The number of azo groups is 1. The maximum Gasteiger partial charge on any atom is 0.330 e. The Hall–Kier alpha value is -0.930. The van der Waals surface area contributed by atoms with Crippen molar-refractivity contribution >= 4 is 5.97 Å². The first-order chi connectivity index (χ1) is 4.95. The summed E-state index contributed by atoms with van der Waals surface area (Å²) in [5, 5.41) is 6.94. The van der Waals surface area contributed by atoms with Crippen LogP contribution in [-0.4, -0.2) is 25.2 Å². The minimum atomic E-state index is -0.430. The first-order valence-corrected chi connectivity index (χ1v) is 3.43. The Labute approximate surface area is 66.7 Å². The third kappa shape index (κ3) is 6.96. The second kappa shape index (κ2) is 4.05. The highest BCUT2D eigenvalue weighted by Gasteiger charge is 2.15. The van der Waals surface area contributed by atoms with Crippen molar-refractivity contribution in [3.8, 4) is 0 Å². The van der Waals surface area contributed by atoms with E-state index in [-0.39, 0.29) is 12.5 Å². The second-order valence-electron chi connectivity index (χ2n) is 3.09. The average Bonchev–Trinajstić information content (AvgIpc) is 1.79. The van der Waals surface area contributed by atoms with Crippen LogP contribution in [0, 0.1) is 0 Å². The van der Waals surface area contributed by atoms with Crippen LogP contribution in [0.15, 0.2) is 10.2 Å². The number of carbonyl (C=O) groups excluding carboxylic acids is 1. The van der Waals surface area contributed by atoms with Gasteiger partial charge in [0.05, 0.1) is 0 Å². The fraction of sp³-hybridized carbons (Fsp3) is 0.857. The third-order valence-corrected chi connectivity index (χ3v) is 0.761. The van der Waals surface area contributed by atoms with E-state index >= 15 is 0 Å². The Morgan fingerprint density at radius 3 is 2.36 bits per heavy atom. The van der Waals surface area contributed by atoms with E-state index < -0.39 is 5.60 Å². The van der Waals surface area contributed by atoms with Gasteiger partial charge >= 0.3 is 5.97 Å². The van der Waals surface area contributed by atoms with Crippen molar-refractivity contribution < 1.29 is 9.53 Å². The van der Waals surface area contributed by atoms with Gasteiger partial charge in [-0.3, -0.25) is 0 Å². The highest BCUT2D eigenvalue weighted by Crippen LogP contribution is 2.06. The van der Waals surface area contributed by atoms with E-state index in [1.54, 1.807) is 0 Å². The van der Waals surface area contributed by atoms with Gasteiger partial charge < -0.3 is 4.74 Å². The number of rotatable bonds is 2. The minimum absolute atomic E-state index is 0.00771. The van der Waals surface area contributed by atoms with E-state index in [1.165, 1.54) is 7.05 Å². The van der Waals surface area contributed by atoms with Crippen molar-refractivity contribution in [2.45, 2.75) is 26.4 Å². The van der Waals surface area contributed by atoms with Crippen LogP contribution in [0.2, 0.25) is 0 Å². The lowest BCUT2D eigenvalue weighted by Crippen LogP contribution is -2.25. The maximum atomic E-state index is 10.8. The molecule has 0 N–H and O–H groups in total. The third-order valence-electron chi connectivity index (χ3n) is 0.761. The molecule has 0 rings (SSSR count). The molecule has 4 nitrogen and oxygen atoms in total. The Kier molecular flexibility index (Phi) is 3.71. The number of hydrogen-bond donors (Lipinski definition) is 0. The molecule has 0 saturated carbocycles. The number of ether oxygens (including phenoxy) is 1. The average molecular weight is 158 g/mol. The van der Waals surface area contributed by atoms with Crippen LogP contribution in [-0.2, 0) is 9.53 Å². The lowest BCUT2D eigenvalue weighted by atomic mass is 10.2. The Bertz CT molecular complexity index is 158. The van der Waals surface area contributed by atoms with E-state index in [0.717, 1.165) is 0 Å². The van der Waals surface area contributed by atoms with Crippen molar-refractivity contribution in [3.05, 3.63) is 0 Å². The zero-order valence-corrected chi connectivity index (χ0v) is 7.42. The normalized spacial score (nSPS) is 12.0. The largest absolute Gasteiger partial charge is 0.459 e. The van der Waals surface area contributed by atoms with Crippen molar-refractivity contribution in [2.75, 3.05) is 13.6 Å². The number of esters is 1. The first-order valence-electron chi connectivity index (χ1n) is 3.43. The number of carbonyl (C=O) groups is 1. The summed E-state index contributed by atoms with van der Waals surface area (Å²) in [6.45, 7) is 5.45. The molecule has 0 aromatic rings. The van der Waals surface area contributed by atoms with Crippen LogP contribution >= 0.6 is 0 Å². The van der Waals surface area contributed by atoms with Gasteiger partial charge in [-0.05, 0) is 20.8 Å². The minimum Gasteiger partial charge on any atom is -0.459 e. The van der Waals surface area contributed by atoms with Crippen LogP contribution in [0.1, 0.15) is 20.8 Å². The summed E-state index contributed by atoms with van der Waals surface area (Å²) < 4.78 is 4.95. The molecule has 0 saturated heterocycles. The van der Waals surface area contributed by atoms with E-state index in [4.69, 9.17) is 4.74 Å². The van der Waals surface area contributed by atoms with Crippen LogP contribution in [0.25, 0.3) is 0 Å². The van der Waals surface area contributed by atoms with Crippen molar-refractivity contribution in [3.63, 3.8) is 0 Å². The summed E-state index contributed by atoms with van der Waals surface area (Å²) in [7, 11) is 1.52. The lowest BCUT2D eigenvalue weighted by molar-refractivity contribution is -0.152. The van der Waals surface area contributed by atoms with Gasteiger partial charge in [0.2, 0.25) is 0 Å². The summed E-state index contributed by atoms with van der Waals surface area (Å²) in [4.78, 5) is 10.8. The Morgan fingerprint density at radius 1 is 1.45 bits per heavy atom. The molecule has 0 bridgehead atoms. The summed E-state index contributed by atoms with van der Waals surface area (Å²) in [5.74, 6) is -0.344. The lowest BCUT2D eigenvalue weighted by Gasteiger charge is -2.18. The van der Waals surface area contributed by atoms with E-state index in [1.807, 2.05) is 20.8 Å². The molecule has 0 aromatic heterocycles. The molecule has 0 amide bonds. The molecule has 0 fully saturated rings. The highest BCUT2D eigenvalue weighted by atomic mass is 16.6. The van der Waals surface area contributed by atoms with Crippen LogP contribution < -0.4 is 0 Å². The van der Waals surface area contributed by atoms with Gasteiger partial charge in [-0.25, -0.2) is 4.79 Å². The van der Waals surface area contributed by atoms with Gasteiger partial charge in [-0.15, -0.1) is 0 Å². The predicted molar refractivity (Wildman–Crippen MR) is 41.5 cm³/mol. The van der Waals surface area contributed by atoms with Crippen LogP contribution in [0.3, 0.4) is 0 Å². The number of hydrogen-bond acceptors (Lipinski definition) is 4. The molecule has 0 aliphatic carbocycles. The molecule has 64 valence electrons. The van der Waals surface area contributed by atoms with E-state index in [0.29, 0.717) is 0 Å². The first kappa shape index (κ1) is 10.1. The van der Waals surface area contributed by atoms with Gasteiger partial charge in [0.1, 0.15) is 5.60 Å². The van der Waals surface area contributed by atoms with Gasteiger partial charge in [-0.2, -0.15) is 10.2 Å². The standard InChI is InChI=1S/C7H14N2O2/c1-7(2,3)11-6(10)5-9-8-4/h5H2,1-4H3. The zero-order chi connectivity index (χ0) is 8.91. The van der Waals surface area contributed by atoms with Crippen molar-refractivity contribution in [2.24, 2.45) is 10.2 Å². The zero-order valence-electron chi connectivity index (χ0n) is 7.42. The smallest absolute Gasteiger partial charge is 0.330 e. The van der Waals surface area contributed by atoms with Gasteiger partial charge in [-0.1, -0.05) is 0 Å². The number of nitrogens with zero attached hydrogens (tertiary/aromatic N) is 2. The summed E-state index contributed by atoms with van der Waals surface area (Å²) in [6.07, 6.45) is 0. The van der Waals surface area contributed by atoms with Gasteiger partial charge in [0.25, 0.3) is 0 Å². The van der Waals surface area contributed by atoms with Crippen LogP contribution in [0.4, 0.5) is 0 Å². The predicted octanol–water partition coefficient (Wildman–Crippen LogP) is 1.41. The molecule has 0 aromatic carbocycles. The molecule has 0 atom stereocenters. The second-order valence-corrected chi connectivity index (χ2v) is 3.09. The van der Waals surface area contributed by atoms with E-state index in [9.17, 15) is 4.79 Å². The fourth-order valence-corrected chi connectivity index (χ4v) is 0.502. The fourth-order valence-electron chi connectivity index (χ4n) is 0.502. The quantitative estimate of drug-likeness (QED) is 0.450. The molecule has 0 heterocycles. The summed E-state index contributed by atoms with van der Waals surface area (Å²) in [5.41, 5.74) is -0.430. The maximum absolute atomic E-state index is 10.8. The SMILES string of the molecule is CN=NCC(=O)OC(C)(C)C. The van der Waals surface area contributed by atoms with Crippen LogP contribution in [0.5, 0.6) is 0 Å². The van der Waals surface area contributed by atoms with Crippen molar-refractivity contribution in [1.29, 1.82) is 0 Å². The van der Waals surface area contributed by atoms with E-state index in [2.05, 4.69) is 10.2 Å². The Morgan fingerprint density at radius 2 is 2.00 bits per heavy atom. The topological polar surface area (TPSA) is 51.0 Å². The molecule has 0 aliphatic rings. The molecular weight excluding hydrogens is 144 g/mol. The van der Waals surface area contributed by atoms with Gasteiger partial charge in [0.15, 0.2) is 6.54 Å². The summed E-state index contributed by atoms with van der Waals surface area (Å²) in [6, 6.07) is 0. The molecule has 0 spiro atoms. The Balaban J connectivity index is 3.70. The van der Waals surface area contributed by atoms with Gasteiger partial charge in [0, 0.05) is 7.05 Å². The molecule has 0 unspecified atom stereocenters.